The summed E-state index contributed by atoms with van der Waals surface area (Å²) in [5.41, 5.74) is 8.55. The first kappa shape index (κ1) is 14.3. The summed E-state index contributed by atoms with van der Waals surface area (Å²) < 4.78 is 10.5. The summed E-state index contributed by atoms with van der Waals surface area (Å²) in [6.45, 7) is 0. The van der Waals surface area contributed by atoms with Crippen molar-refractivity contribution < 1.29 is 9.47 Å². The van der Waals surface area contributed by atoms with Crippen molar-refractivity contribution in [1.29, 1.82) is 0 Å². The van der Waals surface area contributed by atoms with Crippen LogP contribution in [0.25, 0.3) is 0 Å². The third-order valence-corrected chi connectivity index (χ3v) is 3.19. The first-order valence-electron chi connectivity index (χ1n) is 6.58. The van der Waals surface area contributed by atoms with E-state index in [1.807, 2.05) is 30.3 Å². The quantitative estimate of drug-likeness (QED) is 0.876. The second-order valence-electron chi connectivity index (χ2n) is 4.71. The molecule has 1 aromatic carbocycles. The molecule has 0 saturated carbocycles. The van der Waals surface area contributed by atoms with E-state index in [9.17, 15) is 0 Å². The van der Waals surface area contributed by atoms with Crippen LogP contribution >= 0.6 is 0 Å². The Kier molecular flexibility index (Phi) is 4.96. The smallest absolute Gasteiger partial charge is 0.160 e. The van der Waals surface area contributed by atoms with Gasteiger partial charge in [0.1, 0.15) is 0 Å². The van der Waals surface area contributed by atoms with Crippen LogP contribution in [0, 0.1) is 0 Å². The standard InChI is InChI=1S/C16H20N2O2/c1-19-15-4-3-13(11-16(15)20-2)10-14(17)9-12-5-7-18-8-6-12/h3-8,11,14H,9-10,17H2,1-2H3. The van der Waals surface area contributed by atoms with E-state index in [1.165, 1.54) is 5.56 Å². The van der Waals surface area contributed by atoms with E-state index in [-0.39, 0.29) is 6.04 Å². The molecular weight excluding hydrogens is 252 g/mol. The lowest BCUT2D eigenvalue weighted by molar-refractivity contribution is 0.354. The van der Waals surface area contributed by atoms with Crippen molar-refractivity contribution in [3.63, 3.8) is 0 Å². The molecule has 0 bridgehead atoms. The average molecular weight is 272 g/mol. The Labute approximate surface area is 119 Å². The fourth-order valence-electron chi connectivity index (χ4n) is 2.20. The monoisotopic (exact) mass is 272 g/mol. The van der Waals surface area contributed by atoms with E-state index in [0.717, 1.165) is 29.9 Å². The minimum absolute atomic E-state index is 0.0653. The molecule has 106 valence electrons. The van der Waals surface area contributed by atoms with Crippen molar-refractivity contribution in [3.8, 4) is 11.5 Å². The number of ether oxygens (including phenoxy) is 2. The number of pyridine rings is 1. The zero-order chi connectivity index (χ0) is 14.4. The Bertz CT molecular complexity index is 543. The molecule has 0 fully saturated rings. The normalized spacial score (nSPS) is 11.9. The molecule has 0 radical (unpaired) electrons. The molecule has 2 aromatic rings. The van der Waals surface area contributed by atoms with Gasteiger partial charge in [0.05, 0.1) is 14.2 Å². The van der Waals surface area contributed by atoms with E-state index in [0.29, 0.717) is 0 Å². The summed E-state index contributed by atoms with van der Waals surface area (Å²) in [5, 5.41) is 0. The molecule has 1 aromatic heterocycles. The number of hydrogen-bond acceptors (Lipinski definition) is 4. The molecule has 0 amide bonds. The molecule has 4 nitrogen and oxygen atoms in total. The summed E-state index contributed by atoms with van der Waals surface area (Å²) >= 11 is 0. The molecule has 2 rings (SSSR count). The third-order valence-electron chi connectivity index (χ3n) is 3.19. The van der Waals surface area contributed by atoms with Crippen LogP contribution < -0.4 is 15.2 Å². The molecular formula is C16H20N2O2. The Hall–Kier alpha value is -2.07. The van der Waals surface area contributed by atoms with Gasteiger partial charge in [-0.15, -0.1) is 0 Å². The van der Waals surface area contributed by atoms with Crippen LogP contribution in [0.1, 0.15) is 11.1 Å². The van der Waals surface area contributed by atoms with Crippen molar-refractivity contribution in [1.82, 2.24) is 4.98 Å². The molecule has 0 saturated heterocycles. The highest BCUT2D eigenvalue weighted by molar-refractivity contribution is 5.43. The maximum Gasteiger partial charge on any atom is 0.160 e. The van der Waals surface area contributed by atoms with Crippen LogP contribution in [0.15, 0.2) is 42.7 Å². The van der Waals surface area contributed by atoms with Gasteiger partial charge in [-0.05, 0) is 48.2 Å². The molecule has 1 unspecified atom stereocenters. The van der Waals surface area contributed by atoms with E-state index in [2.05, 4.69) is 4.98 Å². The minimum Gasteiger partial charge on any atom is -0.493 e. The zero-order valence-corrected chi connectivity index (χ0v) is 11.9. The van der Waals surface area contributed by atoms with Crippen LogP contribution in [0.2, 0.25) is 0 Å². The van der Waals surface area contributed by atoms with Gasteiger partial charge in [0.15, 0.2) is 11.5 Å². The SMILES string of the molecule is COc1ccc(CC(N)Cc2ccncc2)cc1OC. The first-order valence-corrected chi connectivity index (χ1v) is 6.58. The van der Waals surface area contributed by atoms with Crippen molar-refractivity contribution in [2.24, 2.45) is 5.73 Å². The lowest BCUT2D eigenvalue weighted by atomic mass is 10.00. The molecule has 20 heavy (non-hydrogen) atoms. The molecule has 0 aliphatic rings. The third kappa shape index (κ3) is 3.71. The Morgan fingerprint density at radius 2 is 1.60 bits per heavy atom. The molecule has 4 heteroatoms. The van der Waals surface area contributed by atoms with Gasteiger partial charge in [0.25, 0.3) is 0 Å². The Balaban J connectivity index is 2.02. The molecule has 1 atom stereocenters. The van der Waals surface area contributed by atoms with Gasteiger partial charge in [-0.25, -0.2) is 0 Å². The summed E-state index contributed by atoms with van der Waals surface area (Å²) in [6.07, 6.45) is 5.20. The fourth-order valence-corrected chi connectivity index (χ4v) is 2.20. The molecule has 0 aliphatic heterocycles. The van der Waals surface area contributed by atoms with Gasteiger partial charge in [0, 0.05) is 18.4 Å². The van der Waals surface area contributed by atoms with E-state index in [4.69, 9.17) is 15.2 Å². The van der Waals surface area contributed by atoms with Crippen molar-refractivity contribution in [2.75, 3.05) is 14.2 Å². The van der Waals surface area contributed by atoms with Crippen LogP contribution in [-0.4, -0.2) is 25.2 Å². The average Bonchev–Trinajstić information content (AvgIpc) is 2.48. The summed E-state index contributed by atoms with van der Waals surface area (Å²) in [4.78, 5) is 4.01. The number of hydrogen-bond donors (Lipinski definition) is 1. The van der Waals surface area contributed by atoms with Crippen LogP contribution in [-0.2, 0) is 12.8 Å². The highest BCUT2D eigenvalue weighted by Crippen LogP contribution is 2.28. The van der Waals surface area contributed by atoms with Crippen LogP contribution in [0.5, 0.6) is 11.5 Å². The van der Waals surface area contributed by atoms with E-state index < -0.39 is 0 Å². The highest BCUT2D eigenvalue weighted by Gasteiger charge is 2.09. The summed E-state index contributed by atoms with van der Waals surface area (Å²) in [5.74, 6) is 1.47. The van der Waals surface area contributed by atoms with Crippen LogP contribution in [0.4, 0.5) is 0 Å². The predicted molar refractivity (Wildman–Crippen MR) is 79.2 cm³/mol. The Morgan fingerprint density at radius 1 is 0.950 bits per heavy atom. The molecule has 0 spiro atoms. The van der Waals surface area contributed by atoms with Crippen molar-refractivity contribution in [2.45, 2.75) is 18.9 Å². The van der Waals surface area contributed by atoms with E-state index >= 15 is 0 Å². The second-order valence-corrected chi connectivity index (χ2v) is 4.71. The summed E-state index contributed by atoms with van der Waals surface area (Å²) in [6, 6.07) is 9.96. The lowest BCUT2D eigenvalue weighted by Crippen LogP contribution is -2.25. The Morgan fingerprint density at radius 3 is 2.25 bits per heavy atom. The van der Waals surface area contributed by atoms with Crippen LogP contribution in [0.3, 0.4) is 0 Å². The predicted octanol–water partition coefficient (Wildman–Crippen LogP) is 2.21. The van der Waals surface area contributed by atoms with Crippen molar-refractivity contribution in [3.05, 3.63) is 53.9 Å². The fraction of sp³-hybridized carbons (Fsp3) is 0.312. The number of nitrogens with zero attached hydrogens (tertiary/aromatic N) is 1. The maximum absolute atomic E-state index is 6.21. The summed E-state index contributed by atoms with van der Waals surface area (Å²) in [7, 11) is 3.27. The molecule has 1 heterocycles. The van der Waals surface area contributed by atoms with Gasteiger partial charge in [-0.3, -0.25) is 4.98 Å². The zero-order valence-electron chi connectivity index (χ0n) is 11.9. The minimum atomic E-state index is 0.0653. The number of rotatable bonds is 6. The van der Waals surface area contributed by atoms with Gasteiger partial charge in [0.2, 0.25) is 0 Å². The molecule has 2 N–H and O–H groups in total. The van der Waals surface area contributed by atoms with Crippen molar-refractivity contribution >= 4 is 0 Å². The highest BCUT2D eigenvalue weighted by atomic mass is 16.5. The number of nitrogens with two attached hydrogens (primary N) is 1. The number of benzene rings is 1. The number of aromatic nitrogens is 1. The topological polar surface area (TPSA) is 57.4 Å². The van der Waals surface area contributed by atoms with Gasteiger partial charge in [-0.2, -0.15) is 0 Å². The first-order chi connectivity index (χ1) is 9.72. The van der Waals surface area contributed by atoms with Gasteiger partial charge in [-0.1, -0.05) is 6.07 Å². The maximum atomic E-state index is 6.21. The largest absolute Gasteiger partial charge is 0.493 e. The van der Waals surface area contributed by atoms with E-state index in [1.54, 1.807) is 26.6 Å². The molecule has 0 aliphatic carbocycles. The number of methoxy groups -OCH3 is 2. The van der Waals surface area contributed by atoms with Gasteiger partial charge < -0.3 is 15.2 Å². The second kappa shape index (κ2) is 6.91. The lowest BCUT2D eigenvalue weighted by Gasteiger charge is -2.14. The van der Waals surface area contributed by atoms with Gasteiger partial charge >= 0.3 is 0 Å².